The number of aromatic nitrogens is 2. The summed E-state index contributed by atoms with van der Waals surface area (Å²) in [4.78, 5) is 2.48. The summed E-state index contributed by atoms with van der Waals surface area (Å²) < 4.78 is 0. The van der Waals surface area contributed by atoms with Crippen LogP contribution in [0.3, 0.4) is 0 Å². The first kappa shape index (κ1) is 11.9. The number of rotatable bonds is 3. The molecule has 1 aromatic heterocycles. The molecule has 2 aliphatic rings. The highest BCUT2D eigenvalue weighted by atomic mass is 15.3. The lowest BCUT2D eigenvalue weighted by Crippen LogP contribution is -2.35. The second-order valence-electron chi connectivity index (χ2n) is 5.53. The van der Waals surface area contributed by atoms with Crippen molar-refractivity contribution in [1.82, 2.24) is 10.2 Å². The van der Waals surface area contributed by atoms with Gasteiger partial charge in [-0.25, -0.2) is 0 Å². The quantitative estimate of drug-likeness (QED) is 0.887. The van der Waals surface area contributed by atoms with Gasteiger partial charge in [0.2, 0.25) is 0 Å². The molecule has 0 spiro atoms. The zero-order valence-corrected chi connectivity index (χ0v) is 10.9. The predicted octanol–water partition coefficient (Wildman–Crippen LogP) is 2.09. The molecule has 1 saturated heterocycles. The molecule has 4 heteroatoms. The van der Waals surface area contributed by atoms with Crippen LogP contribution in [0.25, 0.3) is 0 Å². The Morgan fingerprint density at radius 3 is 2.61 bits per heavy atom. The molecular weight excluding hydrogens is 224 g/mol. The van der Waals surface area contributed by atoms with Crippen LogP contribution >= 0.6 is 0 Å². The molecule has 18 heavy (non-hydrogen) atoms. The van der Waals surface area contributed by atoms with Gasteiger partial charge >= 0.3 is 0 Å². The van der Waals surface area contributed by atoms with Crippen molar-refractivity contribution < 1.29 is 0 Å². The van der Waals surface area contributed by atoms with Gasteiger partial charge in [-0.2, -0.15) is 5.10 Å². The lowest BCUT2D eigenvalue weighted by Gasteiger charge is -2.30. The van der Waals surface area contributed by atoms with Crippen LogP contribution < -0.4 is 10.6 Å². The highest BCUT2D eigenvalue weighted by Gasteiger charge is 2.33. The number of hydrogen-bond donors (Lipinski definition) is 1. The average molecular weight is 246 g/mol. The van der Waals surface area contributed by atoms with Gasteiger partial charge < -0.3 is 10.6 Å². The molecule has 1 aliphatic heterocycles. The van der Waals surface area contributed by atoms with Crippen molar-refractivity contribution in [3.63, 3.8) is 0 Å². The molecule has 1 aliphatic carbocycles. The van der Waals surface area contributed by atoms with E-state index in [9.17, 15) is 0 Å². The molecule has 0 bridgehead atoms. The van der Waals surface area contributed by atoms with Gasteiger partial charge in [-0.1, -0.05) is 12.8 Å². The fraction of sp³-hybridized carbons (Fsp3) is 0.714. The van der Waals surface area contributed by atoms with Gasteiger partial charge in [0.05, 0.1) is 5.69 Å². The van der Waals surface area contributed by atoms with Crippen LogP contribution in [0.2, 0.25) is 0 Å². The van der Waals surface area contributed by atoms with Crippen molar-refractivity contribution >= 4 is 5.82 Å². The molecule has 2 fully saturated rings. The summed E-state index contributed by atoms with van der Waals surface area (Å²) in [5.41, 5.74) is 6.43. The molecule has 98 valence electrons. The van der Waals surface area contributed by atoms with Crippen molar-refractivity contribution in [2.75, 3.05) is 11.4 Å². The zero-order chi connectivity index (χ0) is 12.4. The van der Waals surface area contributed by atoms with Gasteiger partial charge in [0.15, 0.2) is 5.82 Å². The summed E-state index contributed by atoms with van der Waals surface area (Å²) in [5.74, 6) is 1.92. The molecule has 4 nitrogen and oxygen atoms in total. The molecule has 1 atom stereocenters. The van der Waals surface area contributed by atoms with E-state index in [1.54, 1.807) is 0 Å². The third-order valence-corrected chi connectivity index (χ3v) is 4.45. The van der Waals surface area contributed by atoms with E-state index in [0.717, 1.165) is 24.0 Å². The summed E-state index contributed by atoms with van der Waals surface area (Å²) in [5, 5.41) is 8.54. The van der Waals surface area contributed by atoms with Crippen LogP contribution in [0, 0.1) is 5.92 Å². The van der Waals surface area contributed by atoms with E-state index in [0.29, 0.717) is 12.6 Å². The first-order chi connectivity index (χ1) is 8.88. The lowest BCUT2D eigenvalue weighted by molar-refractivity contribution is 0.428. The lowest BCUT2D eigenvalue weighted by atomic mass is 9.96. The van der Waals surface area contributed by atoms with Crippen molar-refractivity contribution in [3.8, 4) is 0 Å². The van der Waals surface area contributed by atoms with Crippen LogP contribution in [0.1, 0.15) is 44.2 Å². The summed E-state index contributed by atoms with van der Waals surface area (Å²) >= 11 is 0. The molecule has 3 rings (SSSR count). The molecule has 0 radical (unpaired) electrons. The summed E-state index contributed by atoms with van der Waals surface area (Å²) in [6.45, 7) is 1.61. The Balaban J connectivity index is 1.76. The number of nitrogens with two attached hydrogens (primary N) is 1. The van der Waals surface area contributed by atoms with Gasteiger partial charge in [0.1, 0.15) is 0 Å². The van der Waals surface area contributed by atoms with E-state index < -0.39 is 0 Å². The van der Waals surface area contributed by atoms with E-state index in [2.05, 4.69) is 21.2 Å². The van der Waals surface area contributed by atoms with Crippen LogP contribution in [-0.2, 0) is 6.54 Å². The molecule has 1 unspecified atom stereocenters. The topological polar surface area (TPSA) is 55.0 Å². The number of hydrogen-bond acceptors (Lipinski definition) is 4. The van der Waals surface area contributed by atoms with E-state index in [-0.39, 0.29) is 0 Å². The first-order valence-corrected chi connectivity index (χ1v) is 7.18. The second kappa shape index (κ2) is 5.22. The van der Waals surface area contributed by atoms with Gasteiger partial charge in [0.25, 0.3) is 0 Å². The molecular formula is C14H22N4. The smallest absolute Gasteiger partial charge is 0.151 e. The van der Waals surface area contributed by atoms with Gasteiger partial charge in [-0.3, -0.25) is 0 Å². The SMILES string of the molecule is NCc1ccc(N2CCCC2C2CCCC2)nn1. The Labute approximate surface area is 109 Å². The molecule has 1 aromatic rings. The van der Waals surface area contributed by atoms with Crippen LogP contribution in [0.15, 0.2) is 12.1 Å². The summed E-state index contributed by atoms with van der Waals surface area (Å²) in [6, 6.07) is 4.79. The van der Waals surface area contributed by atoms with Crippen LogP contribution in [0.4, 0.5) is 5.82 Å². The van der Waals surface area contributed by atoms with E-state index in [4.69, 9.17) is 5.73 Å². The minimum absolute atomic E-state index is 0.472. The van der Waals surface area contributed by atoms with Gasteiger partial charge in [-0.05, 0) is 43.7 Å². The molecule has 0 amide bonds. The normalized spacial score (nSPS) is 24.9. The third kappa shape index (κ3) is 2.21. The Bertz CT molecular complexity index is 383. The maximum Gasteiger partial charge on any atom is 0.151 e. The largest absolute Gasteiger partial charge is 0.352 e. The summed E-state index contributed by atoms with van der Waals surface area (Å²) in [6.07, 6.45) is 8.23. The number of nitrogens with zero attached hydrogens (tertiary/aromatic N) is 3. The maximum absolute atomic E-state index is 5.56. The van der Waals surface area contributed by atoms with Crippen molar-refractivity contribution in [2.45, 2.75) is 51.1 Å². The minimum atomic E-state index is 0.472. The Morgan fingerprint density at radius 2 is 1.94 bits per heavy atom. The van der Waals surface area contributed by atoms with Crippen LogP contribution in [-0.4, -0.2) is 22.8 Å². The fourth-order valence-corrected chi connectivity index (χ4v) is 3.52. The molecule has 2 heterocycles. The second-order valence-corrected chi connectivity index (χ2v) is 5.53. The van der Waals surface area contributed by atoms with Gasteiger partial charge in [0, 0.05) is 19.1 Å². The van der Waals surface area contributed by atoms with Crippen molar-refractivity contribution in [3.05, 3.63) is 17.8 Å². The standard InChI is InChI=1S/C14H22N4/c15-10-12-7-8-14(17-16-12)18-9-3-6-13(18)11-4-1-2-5-11/h7-8,11,13H,1-6,9-10,15H2. The number of anilines is 1. The molecule has 0 aromatic carbocycles. The summed E-state index contributed by atoms with van der Waals surface area (Å²) in [7, 11) is 0. The minimum Gasteiger partial charge on any atom is -0.352 e. The van der Waals surface area contributed by atoms with Crippen molar-refractivity contribution in [2.24, 2.45) is 11.7 Å². The van der Waals surface area contributed by atoms with Gasteiger partial charge in [-0.15, -0.1) is 5.10 Å². The molecule has 1 saturated carbocycles. The average Bonchev–Trinajstić information content (AvgIpc) is 3.09. The maximum atomic E-state index is 5.56. The van der Waals surface area contributed by atoms with E-state index >= 15 is 0 Å². The Kier molecular flexibility index (Phi) is 3.46. The third-order valence-electron chi connectivity index (χ3n) is 4.45. The Hall–Kier alpha value is -1.16. The first-order valence-electron chi connectivity index (χ1n) is 7.18. The predicted molar refractivity (Wildman–Crippen MR) is 72.2 cm³/mol. The highest BCUT2D eigenvalue weighted by molar-refractivity contribution is 5.40. The van der Waals surface area contributed by atoms with Crippen LogP contribution in [0.5, 0.6) is 0 Å². The fourth-order valence-electron chi connectivity index (χ4n) is 3.52. The Morgan fingerprint density at radius 1 is 1.11 bits per heavy atom. The van der Waals surface area contributed by atoms with Crippen molar-refractivity contribution in [1.29, 1.82) is 0 Å². The molecule has 2 N–H and O–H groups in total. The monoisotopic (exact) mass is 246 g/mol. The highest BCUT2D eigenvalue weighted by Crippen LogP contribution is 2.36. The van der Waals surface area contributed by atoms with E-state index in [1.165, 1.54) is 38.5 Å². The van der Waals surface area contributed by atoms with E-state index in [1.807, 2.05) is 6.07 Å². The zero-order valence-electron chi connectivity index (χ0n) is 10.9.